The normalized spacial score (nSPS) is 12.1. The van der Waals surface area contributed by atoms with E-state index in [2.05, 4.69) is 6.07 Å². The Balaban J connectivity index is 2.48. The van der Waals surface area contributed by atoms with Crippen LogP contribution in [0.5, 0.6) is 5.75 Å². The van der Waals surface area contributed by atoms with E-state index in [1.807, 2.05) is 0 Å². The molecule has 0 aliphatic rings. The first-order valence-electron chi connectivity index (χ1n) is 9.73. The summed E-state index contributed by atoms with van der Waals surface area (Å²) in [6.45, 7) is 6.97. The number of aromatic hydroxyl groups is 1. The molecular weight excluding hydrogens is 344 g/mol. The summed E-state index contributed by atoms with van der Waals surface area (Å²) in [5.74, 6) is -1.29. The fraction of sp³-hybridized carbons (Fsp3) is 0.636. The van der Waals surface area contributed by atoms with Crippen LogP contribution in [-0.2, 0) is 22.4 Å². The zero-order chi connectivity index (χ0) is 20.7. The molecule has 0 saturated carbocycles. The Kier molecular flexibility index (Phi) is 8.32. The third kappa shape index (κ3) is 8.02. The van der Waals surface area contributed by atoms with Crippen molar-refractivity contribution in [2.45, 2.75) is 79.1 Å². The van der Waals surface area contributed by atoms with E-state index in [1.54, 1.807) is 39.8 Å². The minimum absolute atomic E-state index is 0.249. The highest BCUT2D eigenvalue weighted by Crippen LogP contribution is 2.26. The largest absolute Gasteiger partial charge is 0.508 e. The van der Waals surface area contributed by atoms with Gasteiger partial charge in [-0.25, -0.2) is 0 Å². The summed E-state index contributed by atoms with van der Waals surface area (Å²) in [5.41, 5.74) is 0.717. The van der Waals surface area contributed by atoms with E-state index in [4.69, 9.17) is 10.2 Å². The summed E-state index contributed by atoms with van der Waals surface area (Å²) in [7, 11) is 0. The molecule has 0 unspecified atom stereocenters. The molecule has 0 fully saturated rings. The molecule has 0 aliphatic heterocycles. The molecule has 0 saturated heterocycles. The van der Waals surface area contributed by atoms with Crippen molar-refractivity contribution in [3.63, 3.8) is 0 Å². The molecular formula is C22H34O5. The number of carboxylic acids is 2. The average molecular weight is 379 g/mol. The van der Waals surface area contributed by atoms with Gasteiger partial charge in [0, 0.05) is 0 Å². The predicted molar refractivity (Wildman–Crippen MR) is 106 cm³/mol. The van der Waals surface area contributed by atoms with Crippen LogP contribution in [0, 0.1) is 10.8 Å². The summed E-state index contributed by atoms with van der Waals surface area (Å²) in [4.78, 5) is 22.3. The summed E-state index contributed by atoms with van der Waals surface area (Å²) < 4.78 is 0. The van der Waals surface area contributed by atoms with Crippen molar-refractivity contribution >= 4 is 11.9 Å². The second kappa shape index (κ2) is 9.77. The molecule has 0 aromatic heterocycles. The lowest BCUT2D eigenvalue weighted by atomic mass is 9.86. The molecule has 5 nitrogen and oxygen atoms in total. The quantitative estimate of drug-likeness (QED) is 0.443. The van der Waals surface area contributed by atoms with Crippen LogP contribution in [0.3, 0.4) is 0 Å². The molecule has 0 bridgehead atoms. The molecule has 0 heterocycles. The lowest BCUT2D eigenvalue weighted by molar-refractivity contribution is -0.148. The molecule has 0 aliphatic carbocycles. The number of aliphatic carboxylic acids is 2. The van der Waals surface area contributed by atoms with Crippen molar-refractivity contribution in [1.82, 2.24) is 0 Å². The molecule has 0 amide bonds. The van der Waals surface area contributed by atoms with Gasteiger partial charge >= 0.3 is 11.9 Å². The van der Waals surface area contributed by atoms with E-state index in [1.165, 1.54) is 0 Å². The maximum absolute atomic E-state index is 11.1. The average Bonchev–Trinajstić information content (AvgIpc) is 2.55. The van der Waals surface area contributed by atoms with Crippen molar-refractivity contribution < 1.29 is 24.9 Å². The predicted octanol–water partition coefficient (Wildman–Crippen LogP) is 5.04. The second-order valence-corrected chi connectivity index (χ2v) is 8.80. The Morgan fingerprint density at radius 3 is 1.44 bits per heavy atom. The molecule has 27 heavy (non-hydrogen) atoms. The number of phenols is 1. The maximum atomic E-state index is 11.1. The van der Waals surface area contributed by atoms with Crippen LogP contribution in [0.2, 0.25) is 0 Å². The van der Waals surface area contributed by atoms with Crippen molar-refractivity contribution in [2.75, 3.05) is 0 Å². The Morgan fingerprint density at radius 2 is 1.11 bits per heavy atom. The first kappa shape index (κ1) is 23.0. The number of unbranched alkanes of at least 4 members (excludes halogenated alkanes) is 2. The van der Waals surface area contributed by atoms with Crippen LogP contribution in [0.1, 0.15) is 77.3 Å². The molecule has 0 spiro atoms. The second-order valence-electron chi connectivity index (χ2n) is 8.80. The number of rotatable bonds is 12. The van der Waals surface area contributed by atoms with Gasteiger partial charge in [-0.05, 0) is 89.5 Å². The van der Waals surface area contributed by atoms with E-state index in [0.717, 1.165) is 49.7 Å². The van der Waals surface area contributed by atoms with Crippen molar-refractivity contribution in [3.8, 4) is 5.75 Å². The van der Waals surface area contributed by atoms with Gasteiger partial charge in [-0.15, -0.1) is 0 Å². The lowest BCUT2D eigenvalue weighted by Gasteiger charge is -2.18. The molecule has 1 aromatic carbocycles. The van der Waals surface area contributed by atoms with Crippen molar-refractivity contribution in [2.24, 2.45) is 10.8 Å². The van der Waals surface area contributed by atoms with Crippen LogP contribution >= 0.6 is 0 Å². The minimum Gasteiger partial charge on any atom is -0.508 e. The smallest absolute Gasteiger partial charge is 0.309 e. The zero-order valence-corrected chi connectivity index (χ0v) is 17.0. The number of benzene rings is 1. The highest BCUT2D eigenvalue weighted by Gasteiger charge is 2.26. The van der Waals surface area contributed by atoms with Crippen LogP contribution in [-0.4, -0.2) is 27.3 Å². The highest BCUT2D eigenvalue weighted by molar-refractivity contribution is 5.73. The topological polar surface area (TPSA) is 94.8 Å². The molecule has 0 atom stereocenters. The fourth-order valence-electron chi connectivity index (χ4n) is 3.04. The number of carbonyl (C=O) groups is 2. The third-order valence-electron chi connectivity index (χ3n) is 5.23. The van der Waals surface area contributed by atoms with E-state index < -0.39 is 22.8 Å². The van der Waals surface area contributed by atoms with Crippen LogP contribution in [0.4, 0.5) is 0 Å². The standard InChI is InChI=1S/C22H34O5/c1-21(2,19(24)25)11-7-5-9-16-13-17(15-18(23)14-16)10-6-8-12-22(3,4)20(26)27/h13-15,23H,5-12H2,1-4H3,(H,24,25)(H,26,27). The van der Waals surface area contributed by atoms with Crippen molar-refractivity contribution in [3.05, 3.63) is 29.3 Å². The van der Waals surface area contributed by atoms with Gasteiger partial charge in [-0.3, -0.25) is 9.59 Å². The van der Waals surface area contributed by atoms with E-state index in [0.29, 0.717) is 12.8 Å². The van der Waals surface area contributed by atoms with Crippen LogP contribution < -0.4 is 0 Å². The third-order valence-corrected chi connectivity index (χ3v) is 5.23. The summed E-state index contributed by atoms with van der Waals surface area (Å²) in [6, 6.07) is 5.61. The number of aryl methyl sites for hydroxylation is 2. The maximum Gasteiger partial charge on any atom is 0.309 e. The van der Waals surface area contributed by atoms with Gasteiger partial charge in [0.25, 0.3) is 0 Å². The zero-order valence-electron chi connectivity index (χ0n) is 17.0. The van der Waals surface area contributed by atoms with Gasteiger partial charge in [0.1, 0.15) is 5.75 Å². The van der Waals surface area contributed by atoms with Crippen LogP contribution in [0.15, 0.2) is 18.2 Å². The van der Waals surface area contributed by atoms with Gasteiger partial charge in [0.15, 0.2) is 0 Å². The molecule has 0 radical (unpaired) electrons. The van der Waals surface area contributed by atoms with E-state index >= 15 is 0 Å². The van der Waals surface area contributed by atoms with Gasteiger partial charge in [-0.2, -0.15) is 0 Å². The van der Waals surface area contributed by atoms with Gasteiger partial charge in [-0.1, -0.05) is 18.9 Å². The minimum atomic E-state index is -0.770. The van der Waals surface area contributed by atoms with Crippen LogP contribution in [0.25, 0.3) is 0 Å². The fourth-order valence-corrected chi connectivity index (χ4v) is 3.04. The first-order valence-corrected chi connectivity index (χ1v) is 9.73. The van der Waals surface area contributed by atoms with Gasteiger partial charge < -0.3 is 15.3 Å². The number of carboxylic acid groups (broad SMARTS) is 2. The molecule has 1 aromatic rings. The number of phenolic OH excluding ortho intramolecular Hbond substituents is 1. The summed E-state index contributed by atoms with van der Waals surface area (Å²) >= 11 is 0. The Hall–Kier alpha value is -2.04. The monoisotopic (exact) mass is 378 g/mol. The first-order chi connectivity index (χ1) is 12.4. The highest BCUT2D eigenvalue weighted by atomic mass is 16.4. The van der Waals surface area contributed by atoms with E-state index in [-0.39, 0.29) is 5.75 Å². The number of hydrogen-bond acceptors (Lipinski definition) is 3. The Morgan fingerprint density at radius 1 is 0.741 bits per heavy atom. The molecule has 3 N–H and O–H groups in total. The Bertz CT molecular complexity index is 594. The Labute approximate surface area is 162 Å². The van der Waals surface area contributed by atoms with Crippen molar-refractivity contribution in [1.29, 1.82) is 0 Å². The molecule has 1 rings (SSSR count). The van der Waals surface area contributed by atoms with Gasteiger partial charge in [0.2, 0.25) is 0 Å². The molecule has 5 heteroatoms. The lowest BCUT2D eigenvalue weighted by Crippen LogP contribution is -2.23. The molecule has 152 valence electrons. The SMILES string of the molecule is CC(C)(CCCCc1cc(O)cc(CCCCC(C)(C)C(=O)O)c1)C(=O)O. The van der Waals surface area contributed by atoms with E-state index in [9.17, 15) is 14.7 Å². The number of hydrogen-bond donors (Lipinski definition) is 3. The van der Waals surface area contributed by atoms with Gasteiger partial charge in [0.05, 0.1) is 10.8 Å². The summed E-state index contributed by atoms with van der Waals surface area (Å²) in [6.07, 6.45) is 6.30. The summed E-state index contributed by atoms with van der Waals surface area (Å²) in [5, 5.41) is 28.3.